The van der Waals surface area contributed by atoms with Crippen molar-refractivity contribution in [3.8, 4) is 5.75 Å². The Morgan fingerprint density at radius 1 is 1.21 bits per heavy atom. The van der Waals surface area contributed by atoms with Crippen LogP contribution in [0.2, 0.25) is 0 Å². The fraction of sp³-hybridized carbons (Fsp3) is 0.333. The van der Waals surface area contributed by atoms with Crippen LogP contribution in [0.4, 0.5) is 0 Å². The van der Waals surface area contributed by atoms with Crippen molar-refractivity contribution < 1.29 is 9.53 Å². The zero-order chi connectivity index (χ0) is 19.7. The Bertz CT molecular complexity index is 1010. The molecule has 1 aliphatic rings. The molecule has 0 saturated heterocycles. The van der Waals surface area contributed by atoms with Crippen LogP contribution in [0.15, 0.2) is 36.7 Å². The van der Waals surface area contributed by atoms with Crippen molar-refractivity contribution in [2.45, 2.75) is 39.9 Å². The third kappa shape index (κ3) is 3.47. The number of methoxy groups -OCH3 is 1. The number of hydrogen-bond acceptors (Lipinski definition) is 5. The van der Waals surface area contributed by atoms with E-state index in [4.69, 9.17) is 9.72 Å². The molecule has 7 nitrogen and oxygen atoms in total. The molecule has 1 amide bonds. The molecule has 0 bridgehead atoms. The molecule has 1 aromatic carbocycles. The number of hydrogen-bond donors (Lipinski definition) is 0. The van der Waals surface area contributed by atoms with Gasteiger partial charge in [-0.05, 0) is 31.5 Å². The van der Waals surface area contributed by atoms with E-state index in [1.54, 1.807) is 16.7 Å². The van der Waals surface area contributed by atoms with E-state index in [-0.39, 0.29) is 5.91 Å². The molecule has 0 unspecified atom stereocenters. The lowest BCUT2D eigenvalue weighted by Gasteiger charge is -2.14. The first-order valence-electron chi connectivity index (χ1n) is 9.37. The van der Waals surface area contributed by atoms with Gasteiger partial charge in [-0.25, -0.2) is 9.97 Å². The predicted molar refractivity (Wildman–Crippen MR) is 104 cm³/mol. The van der Waals surface area contributed by atoms with E-state index in [2.05, 4.69) is 10.1 Å². The highest BCUT2D eigenvalue weighted by Gasteiger charge is 2.28. The molecule has 0 atom stereocenters. The third-order valence-corrected chi connectivity index (χ3v) is 5.02. The van der Waals surface area contributed by atoms with Crippen LogP contribution in [-0.4, -0.2) is 37.7 Å². The quantitative estimate of drug-likeness (QED) is 0.684. The fourth-order valence-corrected chi connectivity index (χ4v) is 3.41. The van der Waals surface area contributed by atoms with Crippen LogP contribution < -0.4 is 4.74 Å². The molecule has 4 rings (SSSR count). The third-order valence-electron chi connectivity index (χ3n) is 5.02. The summed E-state index contributed by atoms with van der Waals surface area (Å²) in [6, 6.07) is 7.89. The molecule has 0 aliphatic carbocycles. The van der Waals surface area contributed by atoms with Crippen molar-refractivity contribution in [1.29, 1.82) is 0 Å². The molecule has 28 heavy (non-hydrogen) atoms. The number of aromatic nitrogens is 4. The molecule has 1 aliphatic heterocycles. The molecular formula is C21H23N5O2. The summed E-state index contributed by atoms with van der Waals surface area (Å²) in [5.74, 6) is 1.58. The standard InChI is InChI=1S/C21H23N5O2/c1-4-26-12-18(14(2)24-26)21(27)25-11-16-10-22-20(23-19(16)13-25)9-15-5-7-17(28-3)8-6-15/h5-8,10,12H,4,9,11,13H2,1-3H3. The Labute approximate surface area is 164 Å². The maximum atomic E-state index is 12.9. The summed E-state index contributed by atoms with van der Waals surface area (Å²) in [6.45, 7) is 5.66. The van der Waals surface area contributed by atoms with E-state index < -0.39 is 0 Å². The van der Waals surface area contributed by atoms with Crippen LogP contribution >= 0.6 is 0 Å². The average molecular weight is 377 g/mol. The van der Waals surface area contributed by atoms with Gasteiger partial charge in [-0.2, -0.15) is 5.10 Å². The number of amides is 1. The summed E-state index contributed by atoms with van der Waals surface area (Å²) in [7, 11) is 1.65. The number of ether oxygens (including phenoxy) is 1. The second-order valence-corrected chi connectivity index (χ2v) is 6.93. The van der Waals surface area contributed by atoms with Crippen LogP contribution in [0.3, 0.4) is 0 Å². The summed E-state index contributed by atoms with van der Waals surface area (Å²) >= 11 is 0. The lowest BCUT2D eigenvalue weighted by molar-refractivity contribution is 0.0749. The van der Waals surface area contributed by atoms with Crippen LogP contribution in [0.25, 0.3) is 0 Å². The minimum atomic E-state index is -0.00750. The number of carbonyl (C=O) groups is 1. The van der Waals surface area contributed by atoms with Gasteiger partial charge in [0.1, 0.15) is 11.6 Å². The normalized spacial score (nSPS) is 12.9. The molecule has 2 aromatic heterocycles. The molecule has 0 saturated carbocycles. The molecule has 0 fully saturated rings. The van der Waals surface area contributed by atoms with E-state index in [1.165, 1.54) is 0 Å². The monoisotopic (exact) mass is 377 g/mol. The van der Waals surface area contributed by atoms with Gasteiger partial charge in [0.2, 0.25) is 0 Å². The lowest BCUT2D eigenvalue weighted by Crippen LogP contribution is -2.25. The zero-order valence-corrected chi connectivity index (χ0v) is 16.3. The van der Waals surface area contributed by atoms with Crippen LogP contribution in [0, 0.1) is 6.92 Å². The van der Waals surface area contributed by atoms with Crippen molar-refractivity contribution in [3.63, 3.8) is 0 Å². The molecule has 144 valence electrons. The van der Waals surface area contributed by atoms with Crippen molar-refractivity contribution >= 4 is 5.91 Å². The van der Waals surface area contributed by atoms with Crippen molar-refractivity contribution in [2.24, 2.45) is 0 Å². The molecule has 0 spiro atoms. The second-order valence-electron chi connectivity index (χ2n) is 6.93. The van der Waals surface area contributed by atoms with E-state index in [9.17, 15) is 4.79 Å². The minimum absolute atomic E-state index is 0.00750. The molecule has 7 heteroatoms. The first-order chi connectivity index (χ1) is 13.6. The van der Waals surface area contributed by atoms with Gasteiger partial charge in [0.05, 0.1) is 30.6 Å². The largest absolute Gasteiger partial charge is 0.497 e. The molecule has 3 heterocycles. The van der Waals surface area contributed by atoms with E-state index in [0.29, 0.717) is 25.1 Å². The summed E-state index contributed by atoms with van der Waals surface area (Å²) in [5, 5.41) is 4.38. The lowest BCUT2D eigenvalue weighted by atomic mass is 10.1. The van der Waals surface area contributed by atoms with Gasteiger partial charge in [-0.3, -0.25) is 9.48 Å². The van der Waals surface area contributed by atoms with Gasteiger partial charge < -0.3 is 9.64 Å². The van der Waals surface area contributed by atoms with Crippen molar-refractivity contribution in [2.75, 3.05) is 7.11 Å². The Hall–Kier alpha value is -3.22. The Morgan fingerprint density at radius 3 is 2.68 bits per heavy atom. The van der Waals surface area contributed by atoms with Crippen LogP contribution in [0.5, 0.6) is 5.75 Å². The minimum Gasteiger partial charge on any atom is -0.497 e. The van der Waals surface area contributed by atoms with Gasteiger partial charge in [0.25, 0.3) is 5.91 Å². The predicted octanol–water partition coefficient (Wildman–Crippen LogP) is 2.76. The Kier molecular flexibility index (Phi) is 4.81. The maximum absolute atomic E-state index is 12.9. The van der Waals surface area contributed by atoms with Crippen molar-refractivity contribution in [3.05, 3.63) is 70.6 Å². The van der Waals surface area contributed by atoms with Gasteiger partial charge in [-0.15, -0.1) is 0 Å². The summed E-state index contributed by atoms with van der Waals surface area (Å²) < 4.78 is 6.98. The molecule has 0 radical (unpaired) electrons. The van der Waals surface area contributed by atoms with E-state index in [1.807, 2.05) is 50.5 Å². The zero-order valence-electron chi connectivity index (χ0n) is 16.3. The van der Waals surface area contributed by atoms with Crippen LogP contribution in [0.1, 0.15) is 45.6 Å². The average Bonchev–Trinajstić information content (AvgIpc) is 3.31. The fourth-order valence-electron chi connectivity index (χ4n) is 3.41. The number of nitrogens with zero attached hydrogens (tertiary/aromatic N) is 5. The number of aryl methyl sites for hydroxylation is 2. The number of rotatable bonds is 5. The highest BCUT2D eigenvalue weighted by atomic mass is 16.5. The SMILES string of the molecule is CCn1cc(C(=O)N2Cc3cnc(Cc4ccc(OC)cc4)nc3C2)c(C)n1. The number of benzene rings is 1. The number of carbonyl (C=O) groups excluding carboxylic acids is 1. The first-order valence-corrected chi connectivity index (χ1v) is 9.37. The molecule has 0 N–H and O–H groups in total. The Balaban J connectivity index is 1.48. The molecular weight excluding hydrogens is 354 g/mol. The Morgan fingerprint density at radius 2 is 2.00 bits per heavy atom. The van der Waals surface area contributed by atoms with Gasteiger partial charge in [0, 0.05) is 37.5 Å². The second kappa shape index (κ2) is 7.42. The van der Waals surface area contributed by atoms with E-state index in [0.717, 1.165) is 40.6 Å². The summed E-state index contributed by atoms with van der Waals surface area (Å²) in [5.41, 5.74) is 4.46. The van der Waals surface area contributed by atoms with Crippen molar-refractivity contribution in [1.82, 2.24) is 24.6 Å². The molecule has 3 aromatic rings. The summed E-state index contributed by atoms with van der Waals surface area (Å²) in [4.78, 5) is 23.9. The highest BCUT2D eigenvalue weighted by Crippen LogP contribution is 2.24. The van der Waals surface area contributed by atoms with Gasteiger partial charge in [0.15, 0.2) is 0 Å². The smallest absolute Gasteiger partial charge is 0.257 e. The van der Waals surface area contributed by atoms with E-state index >= 15 is 0 Å². The summed E-state index contributed by atoms with van der Waals surface area (Å²) in [6.07, 6.45) is 4.31. The van der Waals surface area contributed by atoms with Gasteiger partial charge in [-0.1, -0.05) is 12.1 Å². The maximum Gasteiger partial charge on any atom is 0.257 e. The first kappa shape index (κ1) is 18.2. The number of fused-ring (bicyclic) bond motifs is 1. The topological polar surface area (TPSA) is 73.1 Å². The highest BCUT2D eigenvalue weighted by molar-refractivity contribution is 5.95. The van der Waals surface area contributed by atoms with Gasteiger partial charge >= 0.3 is 0 Å². The van der Waals surface area contributed by atoms with Crippen LogP contribution in [-0.2, 0) is 26.1 Å².